The van der Waals surface area contributed by atoms with E-state index in [1.54, 1.807) is 0 Å². The number of hydrogen-bond donors (Lipinski definition) is 1. The molecule has 0 saturated carbocycles. The van der Waals surface area contributed by atoms with Crippen LogP contribution in [0.15, 0.2) is 434 Å². The molecule has 17 aromatic rings. The fraction of sp³-hybridized carbons (Fsp3) is 0.100. The van der Waals surface area contributed by atoms with Gasteiger partial charge in [-0.15, -0.1) is 0 Å². The molecule has 0 atom stereocenters. The summed E-state index contributed by atoms with van der Waals surface area (Å²) in [4.78, 5) is 2.36. The minimum absolute atomic E-state index is 0.000501. The van der Waals surface area contributed by atoms with Crippen molar-refractivity contribution in [3.63, 3.8) is 0 Å². The zero-order valence-corrected chi connectivity index (χ0v) is 73.1. The Morgan fingerprint density at radius 2 is 0.584 bits per heavy atom. The van der Waals surface area contributed by atoms with Gasteiger partial charge < -0.3 is 19.7 Å². The highest BCUT2D eigenvalue weighted by molar-refractivity contribution is 9.10. The summed E-state index contributed by atoms with van der Waals surface area (Å²) in [5.74, 6) is 3.70. The van der Waals surface area contributed by atoms with E-state index < -0.39 is 0 Å². The highest BCUT2D eigenvalue weighted by atomic mass is 79.9. The molecule has 17 aromatic carbocycles. The number of halogens is 1. The average Bonchev–Trinajstić information content (AvgIpc) is 1.62. The first-order valence-electron chi connectivity index (χ1n) is 43.3. The summed E-state index contributed by atoms with van der Waals surface area (Å²) in [7, 11) is 0. The minimum atomic E-state index is -0.181. The van der Waals surface area contributed by atoms with Crippen molar-refractivity contribution in [1.82, 2.24) is 0 Å². The van der Waals surface area contributed by atoms with E-state index in [1.165, 1.54) is 128 Å². The first-order valence-corrected chi connectivity index (χ1v) is 44.0. The number of nitrogens with one attached hydrogen (secondary N) is 1. The molecule has 5 heteroatoms. The Bertz CT molecular complexity index is 7050. The molecule has 0 amide bonds. The quantitative estimate of drug-likeness (QED) is 0.117. The smallest absolute Gasteiger partial charge is 0.250 e. The minimum Gasteiger partial charge on any atom is -0.456 e. The molecule has 2 aliphatic heterocycles. The summed E-state index contributed by atoms with van der Waals surface area (Å²) in [5.41, 5.74) is 39.8. The molecule has 0 saturated heterocycles. The van der Waals surface area contributed by atoms with E-state index in [4.69, 9.17) is 9.47 Å². The van der Waals surface area contributed by atoms with Crippen LogP contribution in [0.4, 0.5) is 28.4 Å². The number of rotatable bonds is 13. The van der Waals surface area contributed by atoms with Crippen LogP contribution in [0.3, 0.4) is 0 Å². The van der Waals surface area contributed by atoms with Crippen LogP contribution in [0.25, 0.3) is 106 Å². The summed E-state index contributed by atoms with van der Waals surface area (Å²) >= 11 is 3.47. The topological polar surface area (TPSA) is 33.7 Å². The standard InChI is InChI=1S/C60H47NO.C42H34NO.C18H13Br/c1-59(2)53-20-9-8-18-51(53)52-37-30-46(39-56(52)59)42-26-33-48(34-27-42)61(47-31-24-41(25-32-47)45-17-12-16-44(38-45)40-14-6-5-7-15-40)49-35-28-43(29-36-49)50-19-13-22-55-58(50)62-57-23-11-10-21-54(57)60(55,3)4;1-41(2)35-12-6-5-10-33(35)34-25-20-29(26-38(34)41)27-16-21-30(22-17-27)43-31-23-18-28(19-24-31)32-11-9-14-37-40(32)44-39-15-8-7-13-36(39)42(37,3)4;19-18-11-9-15(10-12-18)17-8-4-7-16(13-17)14-5-2-1-3-6-14/h5-39H,1-4H3;5-8,10-26,43H,1-4H3;1-13H/q;+1;. The maximum Gasteiger partial charge on any atom is 0.250 e. The molecule has 22 rings (SSSR count). The first kappa shape index (κ1) is 79.1. The molecule has 602 valence electrons. The van der Waals surface area contributed by atoms with Crippen LogP contribution in [0.5, 0.6) is 17.2 Å². The van der Waals surface area contributed by atoms with Crippen molar-refractivity contribution in [3.8, 4) is 117 Å². The highest BCUT2D eigenvalue weighted by Gasteiger charge is 2.45. The van der Waals surface area contributed by atoms with Gasteiger partial charge in [0.2, 0.25) is 0 Å². The molecule has 3 aliphatic carbocycles. The third-order valence-corrected chi connectivity index (χ3v) is 26.7. The number of fused-ring (bicyclic) bond motifs is 10. The zero-order valence-electron chi connectivity index (χ0n) is 71.5. The largest absolute Gasteiger partial charge is 0.456 e. The second kappa shape index (κ2) is 32.4. The molecule has 5 aliphatic rings. The second-order valence-corrected chi connectivity index (χ2v) is 36.2. The Morgan fingerprint density at radius 1 is 0.256 bits per heavy atom. The first-order chi connectivity index (χ1) is 60.9. The Morgan fingerprint density at radius 3 is 1.06 bits per heavy atom. The number of anilines is 5. The van der Waals surface area contributed by atoms with Crippen molar-refractivity contribution in [2.24, 2.45) is 0 Å². The van der Waals surface area contributed by atoms with Crippen molar-refractivity contribution >= 4 is 49.9 Å². The molecule has 0 radical (unpaired) electrons. The van der Waals surface area contributed by atoms with E-state index in [1.807, 2.05) is 18.2 Å². The molecule has 0 fully saturated rings. The average molecular weight is 1680 g/mol. The van der Waals surface area contributed by atoms with E-state index in [-0.39, 0.29) is 21.7 Å². The highest BCUT2D eigenvalue weighted by Crippen LogP contribution is 2.55. The Labute approximate surface area is 743 Å². The summed E-state index contributed by atoms with van der Waals surface area (Å²) in [5, 5.41) is 3.58. The van der Waals surface area contributed by atoms with Crippen molar-refractivity contribution in [3.05, 3.63) is 485 Å². The lowest BCUT2D eigenvalue weighted by atomic mass is 9.72. The van der Waals surface area contributed by atoms with Crippen LogP contribution in [-0.2, 0) is 21.7 Å². The van der Waals surface area contributed by atoms with E-state index in [0.717, 1.165) is 83.8 Å². The molecule has 0 unspecified atom stereocenters. The molecule has 4 nitrogen and oxygen atoms in total. The van der Waals surface area contributed by atoms with Gasteiger partial charge in [0.25, 0.3) is 5.76 Å². The van der Waals surface area contributed by atoms with Crippen LogP contribution in [0.1, 0.15) is 99.9 Å². The molecule has 0 bridgehead atoms. The Kier molecular flexibility index (Phi) is 20.5. The van der Waals surface area contributed by atoms with Gasteiger partial charge in [0.15, 0.2) is 0 Å². The van der Waals surface area contributed by atoms with Gasteiger partial charge in [0, 0.05) is 83.0 Å². The lowest BCUT2D eigenvalue weighted by Gasteiger charge is -2.35. The summed E-state index contributed by atoms with van der Waals surface area (Å²) in [6.45, 7) is 18.4. The van der Waals surface area contributed by atoms with Crippen LogP contribution in [0, 0.1) is 6.08 Å². The molecular formula is C120H94BrN2O2+. The molecule has 2 heterocycles. The number of benzene rings is 17. The van der Waals surface area contributed by atoms with Crippen LogP contribution in [0.2, 0.25) is 0 Å². The fourth-order valence-electron chi connectivity index (χ4n) is 19.2. The van der Waals surface area contributed by atoms with E-state index >= 15 is 0 Å². The van der Waals surface area contributed by atoms with Gasteiger partial charge in [0.05, 0.1) is 5.41 Å². The second-order valence-electron chi connectivity index (χ2n) is 35.3. The predicted octanol–water partition coefficient (Wildman–Crippen LogP) is 33.1. The normalized spacial score (nSPS) is 14.3. The van der Waals surface area contributed by atoms with Crippen molar-refractivity contribution in [2.75, 3.05) is 10.2 Å². The molecule has 1 N–H and O–H groups in total. The maximum atomic E-state index is 6.68. The van der Waals surface area contributed by atoms with Gasteiger partial charge in [-0.1, -0.05) is 343 Å². The third-order valence-electron chi connectivity index (χ3n) is 26.2. The molecule has 0 spiro atoms. The lowest BCUT2D eigenvalue weighted by Crippen LogP contribution is -2.30. The van der Waals surface area contributed by atoms with Gasteiger partial charge >= 0.3 is 0 Å². The Hall–Kier alpha value is -14.5. The van der Waals surface area contributed by atoms with Gasteiger partial charge in [-0.3, -0.25) is 0 Å². The monoisotopic (exact) mass is 1670 g/mol. The van der Waals surface area contributed by atoms with Crippen molar-refractivity contribution in [1.29, 1.82) is 0 Å². The van der Waals surface area contributed by atoms with Gasteiger partial charge in [-0.05, 0) is 252 Å². The molecule has 125 heavy (non-hydrogen) atoms. The summed E-state index contributed by atoms with van der Waals surface area (Å²) in [6.07, 6.45) is 7.47. The maximum absolute atomic E-state index is 6.68. The van der Waals surface area contributed by atoms with Gasteiger partial charge in [-0.2, -0.15) is 0 Å². The number of nitrogens with zero attached hydrogens (tertiary/aromatic N) is 1. The number of para-hydroxylation sites is 3. The van der Waals surface area contributed by atoms with Crippen molar-refractivity contribution in [2.45, 2.75) is 77.0 Å². The van der Waals surface area contributed by atoms with Gasteiger partial charge in [-0.25, -0.2) is 0 Å². The number of allylic oxidation sites excluding steroid dienone is 5. The molecular weight excluding hydrogens is 1580 g/mol. The van der Waals surface area contributed by atoms with Crippen LogP contribution < -0.4 is 19.7 Å². The Balaban J connectivity index is 0.000000135. The van der Waals surface area contributed by atoms with Crippen molar-refractivity contribution < 1.29 is 9.47 Å². The van der Waals surface area contributed by atoms with E-state index in [2.05, 4.69) is 488 Å². The van der Waals surface area contributed by atoms with Crippen LogP contribution in [-0.4, -0.2) is 0 Å². The third kappa shape index (κ3) is 14.9. The lowest BCUT2D eigenvalue weighted by molar-refractivity contribution is 0.374. The predicted molar refractivity (Wildman–Crippen MR) is 526 cm³/mol. The van der Waals surface area contributed by atoms with E-state index in [9.17, 15) is 0 Å². The number of hydrogen-bond acceptors (Lipinski definition) is 4. The summed E-state index contributed by atoms with van der Waals surface area (Å²) in [6, 6.07) is 146. The van der Waals surface area contributed by atoms with Gasteiger partial charge in [0.1, 0.15) is 40.5 Å². The van der Waals surface area contributed by atoms with E-state index in [0.29, 0.717) is 0 Å². The summed E-state index contributed by atoms with van der Waals surface area (Å²) < 4.78 is 14.3. The molecule has 0 aromatic heterocycles. The fourth-order valence-corrected chi connectivity index (χ4v) is 19.5. The SMILES string of the molecule is Brc1ccc(-c2cccc(-c3ccccc3)c2)cc1.CC1(C)C2=C[C+]=CC(c3ccc(Nc4ccc(-c5ccc6c(c5)C(C)(C)c5ccccc5-6)cc4)cc3)=C2Oc2ccccc21.CC1(C)c2ccccc2-c2ccc(-c3ccc(N(c4ccc(-c5cccc(-c6ccccc6)c5)cc4)c4ccc(-c5cccc6c5Oc5ccccc5C6(C)C)cc4)cc3)cc21. The number of ether oxygens (including phenoxy) is 2. The zero-order chi connectivity index (χ0) is 85.1. The van der Waals surface area contributed by atoms with Crippen LogP contribution >= 0.6 is 15.9 Å².